The van der Waals surface area contributed by atoms with Gasteiger partial charge in [-0.1, -0.05) is 114 Å². The van der Waals surface area contributed by atoms with Crippen LogP contribution in [0.5, 0.6) is 0 Å². The van der Waals surface area contributed by atoms with E-state index in [0.717, 1.165) is 18.4 Å². The maximum absolute atomic E-state index is 12.4. The van der Waals surface area contributed by atoms with Crippen molar-refractivity contribution >= 4 is 38.4 Å². The van der Waals surface area contributed by atoms with Gasteiger partial charge in [0.15, 0.2) is 0 Å². The van der Waals surface area contributed by atoms with Crippen LogP contribution in [0.15, 0.2) is 30.3 Å². The van der Waals surface area contributed by atoms with Crippen LogP contribution in [-0.2, 0) is 46.5 Å². The highest BCUT2D eigenvalue weighted by Crippen LogP contribution is 2.48. The van der Waals surface area contributed by atoms with Crippen LogP contribution in [0.25, 0.3) is 0 Å². The largest absolute Gasteiger partial charge is 0.508 e. The third-order valence-corrected chi connectivity index (χ3v) is 10.1. The molecule has 2 rings (SSSR count). The summed E-state index contributed by atoms with van der Waals surface area (Å²) in [5.41, 5.74) is 0.846. The third kappa shape index (κ3) is 17.9. The van der Waals surface area contributed by atoms with Crippen LogP contribution in [0, 0.1) is 5.92 Å². The van der Waals surface area contributed by atoms with E-state index in [2.05, 4.69) is 12.2 Å². The molecule has 2 N–H and O–H groups in total. The molecule has 0 bridgehead atoms. The lowest BCUT2D eigenvalue weighted by Crippen LogP contribution is -2.34. The highest BCUT2D eigenvalue weighted by atomic mass is 32.5. The Morgan fingerprint density at radius 3 is 2.13 bits per heavy atom. The molecule has 1 amide bonds. The SMILES string of the molecule is B[C@@H]1O[C@H](COC(=O)OCc2ccccc2)C(OP(O)(=S)OC)[C@@H]1CCCNC(=O)CCCCCCCCCCCCCCC. The molecule has 0 spiro atoms. The molecular weight excluding hydrogens is 612 g/mol. The van der Waals surface area contributed by atoms with Crippen LogP contribution >= 0.6 is 6.72 Å². The van der Waals surface area contributed by atoms with Gasteiger partial charge in [-0.05, 0) is 36.6 Å². The summed E-state index contributed by atoms with van der Waals surface area (Å²) >= 11 is 5.11. The molecule has 1 fully saturated rings. The van der Waals surface area contributed by atoms with E-state index in [9.17, 15) is 14.5 Å². The molecule has 1 aliphatic rings. The highest BCUT2D eigenvalue weighted by Gasteiger charge is 2.45. The molecular formula is C33H57BNO8PS. The molecule has 2 unspecified atom stereocenters. The summed E-state index contributed by atoms with van der Waals surface area (Å²) < 4.78 is 27.4. The fraction of sp³-hybridized carbons (Fsp3) is 0.758. The normalized spacial score (nSPS) is 20.9. The lowest BCUT2D eigenvalue weighted by Gasteiger charge is -2.27. The Morgan fingerprint density at radius 2 is 1.53 bits per heavy atom. The van der Waals surface area contributed by atoms with Gasteiger partial charge in [0.25, 0.3) is 0 Å². The second-order valence-electron chi connectivity index (χ2n) is 12.1. The first-order valence-corrected chi connectivity index (χ1v) is 19.7. The lowest BCUT2D eigenvalue weighted by atomic mass is 9.82. The van der Waals surface area contributed by atoms with Crippen LogP contribution in [0.2, 0.25) is 0 Å². The van der Waals surface area contributed by atoms with Gasteiger partial charge >= 0.3 is 12.9 Å². The molecule has 0 aliphatic carbocycles. The predicted octanol–water partition coefficient (Wildman–Crippen LogP) is 6.94. The fourth-order valence-electron chi connectivity index (χ4n) is 5.74. The molecule has 5 atom stereocenters. The number of nitrogens with one attached hydrogen (secondary N) is 1. The molecule has 9 nitrogen and oxygen atoms in total. The van der Waals surface area contributed by atoms with E-state index in [1.807, 2.05) is 38.2 Å². The first-order chi connectivity index (χ1) is 21.8. The number of carbonyl (C=O) groups excluding carboxylic acids is 2. The standard InChI is InChI=1S/C33H57BNO8PS/c1-3-4-5-6-7-8-9-10-11-12-13-14-18-23-30(36)35-24-19-22-28-31(43-44(38,45)39-2)29(42-32(28)34)26-41-33(37)40-25-27-20-16-15-17-21-27/h15-17,20-21,28-29,31-32H,3-14,18-19,22-26,34H2,1-2H3,(H,35,36)(H,38,45)/t28-,29+,31?,32+,44?/m0/s1. The zero-order valence-corrected chi connectivity index (χ0v) is 29.5. The van der Waals surface area contributed by atoms with Gasteiger partial charge in [0, 0.05) is 32.0 Å². The number of ether oxygens (including phenoxy) is 3. The molecule has 1 saturated heterocycles. The van der Waals surface area contributed by atoms with Crippen molar-refractivity contribution in [2.45, 2.75) is 134 Å². The number of benzene rings is 1. The number of hydrogen-bond donors (Lipinski definition) is 2. The summed E-state index contributed by atoms with van der Waals surface area (Å²) in [4.78, 5) is 35.0. The fourth-order valence-corrected chi connectivity index (χ4v) is 6.72. The molecule has 0 aromatic heterocycles. The summed E-state index contributed by atoms with van der Waals surface area (Å²) in [6, 6.07) is 9.07. The van der Waals surface area contributed by atoms with Crippen molar-refractivity contribution in [2.24, 2.45) is 5.92 Å². The molecule has 1 aromatic carbocycles. The summed E-state index contributed by atoms with van der Waals surface area (Å²) in [6.45, 7) is -0.726. The van der Waals surface area contributed by atoms with E-state index in [4.69, 9.17) is 35.1 Å². The van der Waals surface area contributed by atoms with Gasteiger partial charge < -0.3 is 33.5 Å². The quantitative estimate of drug-likeness (QED) is 0.0495. The minimum atomic E-state index is -3.50. The average Bonchev–Trinajstić information content (AvgIpc) is 3.32. The van der Waals surface area contributed by atoms with E-state index in [1.165, 1.54) is 77.7 Å². The highest BCUT2D eigenvalue weighted by molar-refractivity contribution is 8.07. The van der Waals surface area contributed by atoms with Crippen molar-refractivity contribution in [1.82, 2.24) is 5.32 Å². The summed E-state index contributed by atoms with van der Waals surface area (Å²) in [7, 11) is 3.21. The predicted molar refractivity (Wildman–Crippen MR) is 184 cm³/mol. The minimum Gasteiger partial charge on any atom is -0.431 e. The maximum Gasteiger partial charge on any atom is 0.508 e. The Morgan fingerprint density at radius 1 is 0.933 bits per heavy atom. The Hall–Kier alpha value is -1.49. The van der Waals surface area contributed by atoms with Crippen molar-refractivity contribution in [3.05, 3.63) is 35.9 Å². The molecule has 1 aromatic rings. The van der Waals surface area contributed by atoms with Gasteiger partial charge in [-0.15, -0.1) is 0 Å². The Balaban J connectivity index is 1.62. The van der Waals surface area contributed by atoms with Crippen LogP contribution in [0.4, 0.5) is 4.79 Å². The number of hydrogen-bond acceptors (Lipinski definition) is 8. The van der Waals surface area contributed by atoms with E-state index in [0.29, 0.717) is 25.8 Å². The summed E-state index contributed by atoms with van der Waals surface area (Å²) in [5.74, 6) is -0.0614. The molecule has 0 saturated carbocycles. The lowest BCUT2D eigenvalue weighted by molar-refractivity contribution is -0.121. The van der Waals surface area contributed by atoms with Crippen molar-refractivity contribution in [1.29, 1.82) is 0 Å². The summed E-state index contributed by atoms with van der Waals surface area (Å²) in [5, 5.41) is 3.02. The monoisotopic (exact) mass is 669 g/mol. The van der Waals surface area contributed by atoms with Gasteiger partial charge in [0.05, 0.1) is 0 Å². The Bertz CT molecular complexity index is 991. The smallest absolute Gasteiger partial charge is 0.431 e. The van der Waals surface area contributed by atoms with Gasteiger partial charge in [-0.3, -0.25) is 4.79 Å². The minimum absolute atomic E-state index is 0.0760. The van der Waals surface area contributed by atoms with Crippen molar-refractivity contribution in [3.8, 4) is 0 Å². The third-order valence-electron chi connectivity index (χ3n) is 8.38. The van der Waals surface area contributed by atoms with Crippen molar-refractivity contribution in [2.75, 3.05) is 20.3 Å². The van der Waals surface area contributed by atoms with Crippen molar-refractivity contribution < 1.29 is 37.7 Å². The topological polar surface area (TPSA) is 113 Å². The van der Waals surface area contributed by atoms with E-state index in [1.54, 1.807) is 0 Å². The van der Waals surface area contributed by atoms with E-state index < -0.39 is 25.1 Å². The van der Waals surface area contributed by atoms with Gasteiger partial charge in [0.1, 0.15) is 33.3 Å². The molecule has 1 heterocycles. The Kier molecular flexibility index (Phi) is 21.0. The zero-order chi connectivity index (χ0) is 32.8. The maximum atomic E-state index is 12.4. The van der Waals surface area contributed by atoms with Gasteiger partial charge in [-0.2, -0.15) is 0 Å². The average molecular weight is 670 g/mol. The molecule has 0 radical (unpaired) electrons. The van der Waals surface area contributed by atoms with Crippen LogP contribution in [-0.4, -0.2) is 63.3 Å². The number of amides is 1. The van der Waals surface area contributed by atoms with Crippen LogP contribution < -0.4 is 5.32 Å². The first-order valence-electron chi connectivity index (χ1n) is 17.1. The van der Waals surface area contributed by atoms with Crippen LogP contribution in [0.1, 0.15) is 115 Å². The molecule has 12 heteroatoms. The Labute approximate surface area is 277 Å². The molecule has 45 heavy (non-hydrogen) atoms. The molecule has 256 valence electrons. The number of carbonyl (C=O) groups is 2. The second kappa shape index (κ2) is 23.8. The second-order valence-corrected chi connectivity index (χ2v) is 15.0. The number of rotatable bonds is 25. The molecule has 1 aliphatic heterocycles. The van der Waals surface area contributed by atoms with E-state index >= 15 is 0 Å². The van der Waals surface area contributed by atoms with Crippen LogP contribution in [0.3, 0.4) is 0 Å². The zero-order valence-electron chi connectivity index (χ0n) is 27.8. The van der Waals surface area contributed by atoms with E-state index in [-0.39, 0.29) is 31.0 Å². The van der Waals surface area contributed by atoms with Gasteiger partial charge in [0.2, 0.25) is 5.91 Å². The first kappa shape index (κ1) is 39.7. The number of unbranched alkanes of at least 4 members (excludes halogenated alkanes) is 12. The van der Waals surface area contributed by atoms with Crippen molar-refractivity contribution in [3.63, 3.8) is 0 Å². The summed E-state index contributed by atoms with van der Waals surface area (Å²) in [6.07, 6.45) is 16.5. The van der Waals surface area contributed by atoms with Gasteiger partial charge in [-0.25, -0.2) is 4.79 Å².